The average Bonchev–Trinajstić information content (AvgIpc) is 2.58. The van der Waals surface area contributed by atoms with E-state index in [1.165, 1.54) is 7.11 Å². The van der Waals surface area contributed by atoms with Crippen LogP contribution in [0.4, 0.5) is 0 Å². The van der Waals surface area contributed by atoms with Gasteiger partial charge in [0, 0.05) is 7.11 Å². The molecule has 1 fully saturated rings. The second-order valence-electron chi connectivity index (χ2n) is 6.37. The fourth-order valence-electron chi connectivity index (χ4n) is 2.71. The molecule has 0 bridgehead atoms. The molecule has 1 N–H and O–H groups in total. The maximum Gasteiger partial charge on any atom is 0.338 e. The Balaban J connectivity index is 2.05. The summed E-state index contributed by atoms with van der Waals surface area (Å²) in [5.74, 6) is -1.36. The van der Waals surface area contributed by atoms with Crippen LogP contribution in [0.2, 0.25) is 0 Å². The molecule has 1 saturated heterocycles. The normalized spacial score (nSPS) is 26.8. The largest absolute Gasteiger partial charge is 0.459 e. The minimum absolute atomic E-state index is 0.0181. The van der Waals surface area contributed by atoms with Crippen molar-refractivity contribution in [2.45, 2.75) is 51.0 Å². The molecule has 0 saturated carbocycles. The summed E-state index contributed by atoms with van der Waals surface area (Å²) in [5.41, 5.74) is 0.440. The van der Waals surface area contributed by atoms with Gasteiger partial charge in [-0.2, -0.15) is 0 Å². The van der Waals surface area contributed by atoms with Crippen LogP contribution in [-0.2, 0) is 23.7 Å². The van der Waals surface area contributed by atoms with Gasteiger partial charge in [-0.25, -0.2) is 4.79 Å². The van der Waals surface area contributed by atoms with E-state index in [4.69, 9.17) is 23.7 Å². The number of ether oxygens (including phenoxy) is 5. The van der Waals surface area contributed by atoms with Gasteiger partial charge in [-0.3, -0.25) is 0 Å². The molecular weight excluding hydrogens is 328 g/mol. The van der Waals surface area contributed by atoms with Crippen LogP contribution < -0.4 is 0 Å². The first-order valence-corrected chi connectivity index (χ1v) is 8.20. The van der Waals surface area contributed by atoms with Crippen LogP contribution in [0.5, 0.6) is 0 Å². The summed E-state index contributed by atoms with van der Waals surface area (Å²) in [7, 11) is 1.49. The first kappa shape index (κ1) is 19.8. The number of carbonyl (C=O) groups is 1. The zero-order valence-corrected chi connectivity index (χ0v) is 15.0. The third-order valence-corrected chi connectivity index (χ3v) is 3.86. The number of rotatable bonds is 7. The molecule has 0 aliphatic carbocycles. The first-order chi connectivity index (χ1) is 11.8. The van der Waals surface area contributed by atoms with E-state index in [1.807, 2.05) is 6.07 Å². The predicted molar refractivity (Wildman–Crippen MR) is 89.0 cm³/mol. The molecule has 1 heterocycles. The van der Waals surface area contributed by atoms with Gasteiger partial charge in [-0.1, -0.05) is 18.2 Å². The van der Waals surface area contributed by atoms with Gasteiger partial charge < -0.3 is 28.8 Å². The maximum absolute atomic E-state index is 12.1. The highest BCUT2D eigenvalue weighted by atomic mass is 16.7. The summed E-state index contributed by atoms with van der Waals surface area (Å²) >= 11 is 0. The van der Waals surface area contributed by atoms with Gasteiger partial charge in [-0.05, 0) is 32.9 Å². The smallest absolute Gasteiger partial charge is 0.338 e. The summed E-state index contributed by atoms with van der Waals surface area (Å²) in [4.78, 5) is 12.1. The highest BCUT2D eigenvalue weighted by Crippen LogP contribution is 2.29. The summed E-state index contributed by atoms with van der Waals surface area (Å²) in [6, 6.07) is 8.66. The summed E-state index contributed by atoms with van der Waals surface area (Å²) in [6.07, 6.45) is -2.80. The summed E-state index contributed by atoms with van der Waals surface area (Å²) < 4.78 is 27.3. The van der Waals surface area contributed by atoms with Gasteiger partial charge in [-0.15, -0.1) is 0 Å². The van der Waals surface area contributed by atoms with Crippen LogP contribution in [0.15, 0.2) is 30.3 Å². The van der Waals surface area contributed by atoms with Crippen molar-refractivity contribution in [3.63, 3.8) is 0 Å². The van der Waals surface area contributed by atoms with Gasteiger partial charge in [0.2, 0.25) is 0 Å². The van der Waals surface area contributed by atoms with E-state index in [-0.39, 0.29) is 13.4 Å². The Morgan fingerprint density at radius 1 is 1.28 bits per heavy atom. The molecule has 1 aliphatic heterocycles. The van der Waals surface area contributed by atoms with Crippen molar-refractivity contribution in [2.75, 3.05) is 20.5 Å². The van der Waals surface area contributed by atoms with Crippen molar-refractivity contribution in [1.82, 2.24) is 0 Å². The molecule has 0 amide bonds. The minimum atomic E-state index is -0.926. The van der Waals surface area contributed by atoms with Gasteiger partial charge in [0.05, 0.1) is 11.7 Å². The fourth-order valence-corrected chi connectivity index (χ4v) is 2.71. The number of aliphatic hydroxyl groups excluding tert-OH is 1. The topological polar surface area (TPSA) is 83.5 Å². The van der Waals surface area contributed by atoms with Crippen LogP contribution >= 0.6 is 0 Å². The minimum Gasteiger partial charge on any atom is -0.459 e. The number of hydrogen-bond acceptors (Lipinski definition) is 7. The lowest BCUT2D eigenvalue weighted by Gasteiger charge is -2.45. The van der Waals surface area contributed by atoms with Crippen LogP contribution in [-0.4, -0.2) is 61.8 Å². The van der Waals surface area contributed by atoms with Crippen LogP contribution in [0.25, 0.3) is 0 Å². The van der Waals surface area contributed by atoms with E-state index >= 15 is 0 Å². The standard InChI is InChI=1S/C18H26O7/c1-12-15(19)16(25-18(2,3)24-12)14(23-11-21-4)10-22-17(20)13-8-6-5-7-9-13/h5-9,12,14-16,19H,10-11H2,1-4H3/t12-,14+,15+,16+/m0/s1. The molecule has 0 unspecified atom stereocenters. The molecule has 1 aliphatic rings. The molecule has 4 atom stereocenters. The molecule has 7 nitrogen and oxygen atoms in total. The quantitative estimate of drug-likeness (QED) is 0.590. The average molecular weight is 354 g/mol. The first-order valence-electron chi connectivity index (χ1n) is 8.20. The number of esters is 1. The van der Waals surface area contributed by atoms with Crippen molar-refractivity contribution in [2.24, 2.45) is 0 Å². The van der Waals surface area contributed by atoms with Gasteiger partial charge in [0.25, 0.3) is 0 Å². The molecule has 0 spiro atoms. The van der Waals surface area contributed by atoms with Crippen molar-refractivity contribution in [3.8, 4) is 0 Å². The summed E-state index contributed by atoms with van der Waals surface area (Å²) in [5, 5.41) is 10.4. The Morgan fingerprint density at radius 2 is 1.96 bits per heavy atom. The number of methoxy groups -OCH3 is 1. The third kappa shape index (κ3) is 5.49. The second-order valence-corrected chi connectivity index (χ2v) is 6.37. The number of benzene rings is 1. The Morgan fingerprint density at radius 3 is 2.60 bits per heavy atom. The van der Waals surface area contributed by atoms with E-state index in [0.29, 0.717) is 5.56 Å². The molecule has 0 radical (unpaired) electrons. The van der Waals surface area contributed by atoms with Crippen LogP contribution in [0, 0.1) is 0 Å². The lowest BCUT2D eigenvalue weighted by molar-refractivity contribution is -0.347. The lowest BCUT2D eigenvalue weighted by atomic mass is 10.0. The van der Waals surface area contributed by atoms with Crippen molar-refractivity contribution in [3.05, 3.63) is 35.9 Å². The SMILES string of the molecule is COCO[C@H](COC(=O)c1ccccc1)[C@H]1OC(C)(C)O[C@@H](C)[C@H]1O. The van der Waals surface area contributed by atoms with E-state index in [1.54, 1.807) is 45.0 Å². The number of hydrogen-bond donors (Lipinski definition) is 1. The molecule has 2 rings (SSSR count). The van der Waals surface area contributed by atoms with Crippen LogP contribution in [0.1, 0.15) is 31.1 Å². The predicted octanol–water partition coefficient (Wildman–Crippen LogP) is 1.73. The fraction of sp³-hybridized carbons (Fsp3) is 0.611. The Kier molecular flexibility index (Phi) is 6.92. The van der Waals surface area contributed by atoms with Gasteiger partial charge >= 0.3 is 5.97 Å². The third-order valence-electron chi connectivity index (χ3n) is 3.86. The summed E-state index contributed by atoms with van der Waals surface area (Å²) in [6.45, 7) is 5.17. The van der Waals surface area contributed by atoms with Gasteiger partial charge in [0.1, 0.15) is 31.7 Å². The van der Waals surface area contributed by atoms with Crippen molar-refractivity contribution in [1.29, 1.82) is 0 Å². The molecule has 7 heteroatoms. The molecule has 25 heavy (non-hydrogen) atoms. The molecular formula is C18H26O7. The maximum atomic E-state index is 12.1. The Labute approximate surface area is 147 Å². The number of carbonyl (C=O) groups excluding carboxylic acids is 1. The highest BCUT2D eigenvalue weighted by Gasteiger charge is 2.45. The molecule has 1 aromatic rings. The Bertz CT molecular complexity index is 546. The highest BCUT2D eigenvalue weighted by molar-refractivity contribution is 5.89. The van der Waals surface area contributed by atoms with Crippen LogP contribution in [0.3, 0.4) is 0 Å². The zero-order chi connectivity index (χ0) is 18.4. The van der Waals surface area contributed by atoms with E-state index in [9.17, 15) is 9.90 Å². The Hall–Kier alpha value is -1.51. The molecule has 140 valence electrons. The lowest BCUT2D eigenvalue weighted by Crippen LogP contribution is -2.58. The zero-order valence-electron chi connectivity index (χ0n) is 15.0. The van der Waals surface area contributed by atoms with Gasteiger partial charge in [0.15, 0.2) is 5.79 Å². The molecule has 1 aromatic carbocycles. The van der Waals surface area contributed by atoms with E-state index in [2.05, 4.69) is 0 Å². The van der Waals surface area contributed by atoms with E-state index < -0.39 is 36.2 Å². The van der Waals surface area contributed by atoms with Crippen molar-refractivity contribution < 1.29 is 33.6 Å². The second kappa shape index (κ2) is 8.73. The van der Waals surface area contributed by atoms with Crippen molar-refractivity contribution >= 4 is 5.97 Å². The molecule has 0 aromatic heterocycles. The number of aliphatic hydroxyl groups is 1. The monoisotopic (exact) mass is 354 g/mol. The van der Waals surface area contributed by atoms with E-state index in [0.717, 1.165) is 0 Å².